The highest BCUT2D eigenvalue weighted by atomic mass is 19.3. The molecule has 0 radical (unpaired) electrons. The zero-order valence-corrected chi connectivity index (χ0v) is 7.07. The van der Waals surface area contributed by atoms with Gasteiger partial charge in [0.15, 0.2) is 0 Å². The van der Waals surface area contributed by atoms with Crippen LogP contribution in [0, 0.1) is 5.92 Å². The second-order valence-corrected chi connectivity index (χ2v) is 3.55. The molecule has 1 saturated carbocycles. The van der Waals surface area contributed by atoms with Gasteiger partial charge in [0.2, 0.25) is 5.92 Å². The second kappa shape index (κ2) is 3.44. The lowest BCUT2D eigenvalue weighted by molar-refractivity contribution is -0.135. The summed E-state index contributed by atoms with van der Waals surface area (Å²) in [5.74, 6) is -7.07. The zero-order chi connectivity index (χ0) is 10.1. The summed E-state index contributed by atoms with van der Waals surface area (Å²) in [5.41, 5.74) is 0. The van der Waals surface area contributed by atoms with E-state index in [1.54, 1.807) is 0 Å². The van der Waals surface area contributed by atoms with Gasteiger partial charge in [0.05, 0.1) is 0 Å². The van der Waals surface area contributed by atoms with E-state index in [4.69, 9.17) is 5.11 Å². The first-order valence-electron chi connectivity index (χ1n) is 4.24. The van der Waals surface area contributed by atoms with Crippen LogP contribution in [0.5, 0.6) is 0 Å². The summed E-state index contributed by atoms with van der Waals surface area (Å²) >= 11 is 0. The predicted octanol–water partition coefficient (Wildman–Crippen LogP) is 2.44. The van der Waals surface area contributed by atoms with E-state index in [9.17, 15) is 17.6 Å². The van der Waals surface area contributed by atoms with Crippen molar-refractivity contribution >= 4 is 0 Å². The highest BCUT2D eigenvalue weighted by Gasteiger charge is 2.45. The predicted molar refractivity (Wildman–Crippen MR) is 38.9 cm³/mol. The minimum atomic E-state index is -3.20. The summed E-state index contributed by atoms with van der Waals surface area (Å²) < 4.78 is 50.7. The molecule has 1 aliphatic rings. The third-order valence-corrected chi connectivity index (χ3v) is 2.53. The van der Waals surface area contributed by atoms with Gasteiger partial charge in [0.25, 0.3) is 5.92 Å². The maximum absolute atomic E-state index is 12.8. The Balaban J connectivity index is 2.50. The molecule has 78 valence electrons. The van der Waals surface area contributed by atoms with Crippen molar-refractivity contribution in [3.8, 4) is 0 Å². The number of aliphatic hydroxyl groups excluding tert-OH is 1. The fraction of sp³-hybridized carbons (Fsp3) is 1.00. The van der Waals surface area contributed by atoms with Crippen LogP contribution < -0.4 is 0 Å². The first-order chi connectivity index (χ1) is 5.87. The fourth-order valence-electron chi connectivity index (χ4n) is 1.59. The monoisotopic (exact) mass is 200 g/mol. The van der Waals surface area contributed by atoms with Crippen molar-refractivity contribution in [2.75, 3.05) is 6.61 Å². The summed E-state index contributed by atoms with van der Waals surface area (Å²) in [6, 6.07) is 0. The van der Waals surface area contributed by atoms with Crippen molar-refractivity contribution in [2.45, 2.75) is 37.5 Å². The van der Waals surface area contributed by atoms with Crippen molar-refractivity contribution in [1.29, 1.82) is 0 Å². The van der Waals surface area contributed by atoms with E-state index < -0.39 is 37.2 Å². The molecule has 0 heterocycles. The summed E-state index contributed by atoms with van der Waals surface area (Å²) in [4.78, 5) is 0. The van der Waals surface area contributed by atoms with E-state index in [-0.39, 0.29) is 12.8 Å². The van der Waals surface area contributed by atoms with Crippen LogP contribution in [-0.2, 0) is 0 Å². The third kappa shape index (κ3) is 2.56. The Morgan fingerprint density at radius 1 is 1.23 bits per heavy atom. The van der Waals surface area contributed by atoms with E-state index in [1.807, 2.05) is 0 Å². The van der Waals surface area contributed by atoms with E-state index >= 15 is 0 Å². The van der Waals surface area contributed by atoms with Crippen molar-refractivity contribution in [3.05, 3.63) is 0 Å². The number of halogens is 4. The van der Waals surface area contributed by atoms with Crippen molar-refractivity contribution < 1.29 is 22.7 Å². The Morgan fingerprint density at radius 3 is 2.08 bits per heavy atom. The van der Waals surface area contributed by atoms with Gasteiger partial charge >= 0.3 is 0 Å². The Bertz CT molecular complexity index is 171. The number of hydrogen-bond donors (Lipinski definition) is 1. The number of aliphatic hydroxyl groups is 1. The van der Waals surface area contributed by atoms with Crippen LogP contribution >= 0.6 is 0 Å². The first-order valence-corrected chi connectivity index (χ1v) is 4.24. The van der Waals surface area contributed by atoms with Crippen LogP contribution in [-0.4, -0.2) is 23.6 Å². The molecule has 0 aliphatic heterocycles. The molecule has 0 aromatic heterocycles. The second-order valence-electron chi connectivity index (χ2n) is 3.55. The van der Waals surface area contributed by atoms with Crippen LogP contribution in [0.25, 0.3) is 0 Å². The average molecular weight is 200 g/mol. The highest BCUT2D eigenvalue weighted by Crippen LogP contribution is 2.42. The van der Waals surface area contributed by atoms with Crippen LogP contribution in [0.2, 0.25) is 0 Å². The molecule has 0 unspecified atom stereocenters. The van der Waals surface area contributed by atoms with Crippen molar-refractivity contribution in [1.82, 2.24) is 0 Å². The lowest BCUT2D eigenvalue weighted by Gasteiger charge is -2.32. The van der Waals surface area contributed by atoms with Crippen LogP contribution in [0.3, 0.4) is 0 Å². The molecule has 1 fully saturated rings. The van der Waals surface area contributed by atoms with Gasteiger partial charge in [-0.2, -0.15) is 0 Å². The molecule has 0 spiro atoms. The van der Waals surface area contributed by atoms with Gasteiger partial charge in [0, 0.05) is 18.8 Å². The molecule has 0 aromatic carbocycles. The molecule has 5 heteroatoms. The molecule has 0 atom stereocenters. The maximum Gasteiger partial charge on any atom is 0.273 e. The topological polar surface area (TPSA) is 20.2 Å². The lowest BCUT2D eigenvalue weighted by Crippen LogP contribution is -2.37. The van der Waals surface area contributed by atoms with Crippen molar-refractivity contribution in [3.63, 3.8) is 0 Å². The zero-order valence-electron chi connectivity index (χ0n) is 7.07. The molecule has 0 amide bonds. The SMILES string of the molecule is OCC(F)(F)C1CCC(F)(F)CC1. The molecule has 0 bridgehead atoms. The lowest BCUT2D eigenvalue weighted by atomic mass is 9.83. The first kappa shape index (κ1) is 10.8. The average Bonchev–Trinajstić information content (AvgIpc) is 2.04. The Morgan fingerprint density at radius 2 is 1.69 bits per heavy atom. The number of alkyl halides is 4. The maximum atomic E-state index is 12.8. The fourth-order valence-corrected chi connectivity index (χ4v) is 1.59. The quantitative estimate of drug-likeness (QED) is 0.679. The molecule has 13 heavy (non-hydrogen) atoms. The molecule has 1 N–H and O–H groups in total. The molecular weight excluding hydrogens is 188 g/mol. The van der Waals surface area contributed by atoms with E-state index in [0.29, 0.717) is 0 Å². The molecule has 0 saturated heterocycles. The number of rotatable bonds is 2. The smallest absolute Gasteiger partial charge is 0.273 e. The van der Waals surface area contributed by atoms with Crippen LogP contribution in [0.15, 0.2) is 0 Å². The van der Waals surface area contributed by atoms with Gasteiger partial charge in [-0.05, 0) is 12.8 Å². The minimum Gasteiger partial charge on any atom is -0.390 e. The van der Waals surface area contributed by atoms with Gasteiger partial charge in [-0.25, -0.2) is 17.6 Å². The summed E-state index contributed by atoms with van der Waals surface area (Å²) in [5, 5.41) is 8.34. The van der Waals surface area contributed by atoms with Crippen LogP contribution in [0.1, 0.15) is 25.7 Å². The Labute approximate surface area is 73.7 Å². The molecular formula is C8H12F4O. The Kier molecular flexibility index (Phi) is 2.85. The third-order valence-electron chi connectivity index (χ3n) is 2.53. The van der Waals surface area contributed by atoms with Gasteiger partial charge in [-0.15, -0.1) is 0 Å². The van der Waals surface area contributed by atoms with Gasteiger partial charge < -0.3 is 5.11 Å². The van der Waals surface area contributed by atoms with Crippen LogP contribution in [0.4, 0.5) is 17.6 Å². The highest BCUT2D eigenvalue weighted by molar-refractivity contribution is 4.85. The van der Waals surface area contributed by atoms with Crippen molar-refractivity contribution in [2.24, 2.45) is 5.92 Å². The molecule has 1 aliphatic carbocycles. The van der Waals surface area contributed by atoms with E-state index in [1.165, 1.54) is 0 Å². The molecule has 1 nitrogen and oxygen atoms in total. The molecule has 0 aromatic rings. The largest absolute Gasteiger partial charge is 0.390 e. The van der Waals surface area contributed by atoms with E-state index in [0.717, 1.165) is 0 Å². The number of hydrogen-bond acceptors (Lipinski definition) is 1. The Hall–Kier alpha value is -0.320. The normalized spacial score (nSPS) is 24.7. The molecule has 1 rings (SSSR count). The summed E-state index contributed by atoms with van der Waals surface area (Å²) in [6.07, 6.45) is -1.40. The summed E-state index contributed by atoms with van der Waals surface area (Å²) in [6.45, 7) is -1.25. The minimum absolute atomic E-state index is 0.208. The summed E-state index contributed by atoms with van der Waals surface area (Å²) in [7, 11) is 0. The van der Waals surface area contributed by atoms with Gasteiger partial charge in [0.1, 0.15) is 6.61 Å². The van der Waals surface area contributed by atoms with E-state index in [2.05, 4.69) is 0 Å². The van der Waals surface area contributed by atoms with Gasteiger partial charge in [-0.1, -0.05) is 0 Å². The standard InChI is InChI=1S/C8H12F4O/c9-7(10)3-1-6(2-4-7)8(11,12)5-13/h6,13H,1-5H2. The van der Waals surface area contributed by atoms with Gasteiger partial charge in [-0.3, -0.25) is 0 Å².